The number of rotatable bonds is 6. The Morgan fingerprint density at radius 3 is 3.00 bits per heavy atom. The number of ether oxygens (including phenoxy) is 1. The minimum atomic E-state index is -0.184. The van der Waals surface area contributed by atoms with Gasteiger partial charge in [0, 0.05) is 20.2 Å². The van der Waals surface area contributed by atoms with Crippen LogP contribution in [-0.4, -0.2) is 37.7 Å². The lowest BCUT2D eigenvalue weighted by Gasteiger charge is -2.06. The lowest BCUT2D eigenvalue weighted by Crippen LogP contribution is -2.27. The lowest BCUT2D eigenvalue weighted by molar-refractivity contribution is 0.0932. The molecule has 0 saturated carbocycles. The van der Waals surface area contributed by atoms with Gasteiger partial charge in [0.25, 0.3) is 5.91 Å². The fraction of sp³-hybridized carbons (Fsp3) is 0.455. The van der Waals surface area contributed by atoms with Gasteiger partial charge in [-0.15, -0.1) is 0 Å². The third kappa shape index (κ3) is 3.86. The molecule has 0 saturated heterocycles. The average molecular weight is 223 g/mol. The standard InChI is InChI=1S/C11H17N3O2/c1-3-12-10-6-4-5-9(14-10)11(15)13-7-8-16-2/h4-6H,3,7-8H2,1-2H3,(H,12,14)(H,13,15). The van der Waals surface area contributed by atoms with Crippen molar-refractivity contribution in [3.05, 3.63) is 23.9 Å². The SMILES string of the molecule is CCNc1cccc(C(=O)NCCOC)n1. The number of nitrogens with zero attached hydrogens (tertiary/aromatic N) is 1. The lowest BCUT2D eigenvalue weighted by atomic mass is 10.3. The zero-order valence-electron chi connectivity index (χ0n) is 9.62. The minimum Gasteiger partial charge on any atom is -0.383 e. The van der Waals surface area contributed by atoms with E-state index in [0.717, 1.165) is 6.54 Å². The van der Waals surface area contributed by atoms with Crippen molar-refractivity contribution in [2.75, 3.05) is 32.1 Å². The normalized spacial score (nSPS) is 9.88. The number of hydrogen-bond acceptors (Lipinski definition) is 4. The molecule has 1 amide bonds. The van der Waals surface area contributed by atoms with E-state index < -0.39 is 0 Å². The number of amides is 1. The van der Waals surface area contributed by atoms with E-state index >= 15 is 0 Å². The van der Waals surface area contributed by atoms with E-state index in [4.69, 9.17) is 4.74 Å². The van der Waals surface area contributed by atoms with Gasteiger partial charge in [-0.1, -0.05) is 6.07 Å². The third-order valence-corrected chi connectivity index (χ3v) is 1.93. The second kappa shape index (κ2) is 6.79. The van der Waals surface area contributed by atoms with E-state index in [0.29, 0.717) is 24.7 Å². The average Bonchev–Trinajstić information content (AvgIpc) is 2.30. The van der Waals surface area contributed by atoms with Gasteiger partial charge in [-0.25, -0.2) is 4.98 Å². The van der Waals surface area contributed by atoms with Crippen molar-refractivity contribution in [1.82, 2.24) is 10.3 Å². The van der Waals surface area contributed by atoms with Gasteiger partial charge in [0.05, 0.1) is 6.61 Å². The van der Waals surface area contributed by atoms with Crippen LogP contribution < -0.4 is 10.6 Å². The molecular formula is C11H17N3O2. The van der Waals surface area contributed by atoms with E-state index in [1.165, 1.54) is 0 Å². The molecule has 0 atom stereocenters. The first kappa shape index (κ1) is 12.4. The number of carbonyl (C=O) groups is 1. The van der Waals surface area contributed by atoms with Gasteiger partial charge >= 0.3 is 0 Å². The van der Waals surface area contributed by atoms with E-state index in [-0.39, 0.29) is 5.91 Å². The Bertz CT molecular complexity index is 342. The van der Waals surface area contributed by atoms with Gasteiger partial charge in [-0.05, 0) is 19.1 Å². The summed E-state index contributed by atoms with van der Waals surface area (Å²) in [6.07, 6.45) is 0. The molecule has 0 aliphatic heterocycles. The molecule has 88 valence electrons. The Hall–Kier alpha value is -1.62. The highest BCUT2D eigenvalue weighted by atomic mass is 16.5. The molecule has 0 unspecified atom stereocenters. The molecule has 0 aliphatic rings. The quantitative estimate of drug-likeness (QED) is 0.703. The molecule has 5 nitrogen and oxygen atoms in total. The molecular weight excluding hydrogens is 206 g/mol. The summed E-state index contributed by atoms with van der Waals surface area (Å²) in [5.74, 6) is 0.527. The molecule has 0 spiro atoms. The Kier molecular flexibility index (Phi) is 5.28. The van der Waals surface area contributed by atoms with E-state index in [9.17, 15) is 4.79 Å². The van der Waals surface area contributed by atoms with E-state index in [1.807, 2.05) is 13.0 Å². The summed E-state index contributed by atoms with van der Waals surface area (Å²) in [5.41, 5.74) is 0.412. The zero-order chi connectivity index (χ0) is 11.8. The van der Waals surface area contributed by atoms with Crippen molar-refractivity contribution in [2.24, 2.45) is 0 Å². The topological polar surface area (TPSA) is 63.2 Å². The van der Waals surface area contributed by atoms with Crippen molar-refractivity contribution in [1.29, 1.82) is 0 Å². The second-order valence-electron chi connectivity index (χ2n) is 3.19. The summed E-state index contributed by atoms with van der Waals surface area (Å²) in [6.45, 7) is 3.75. The van der Waals surface area contributed by atoms with Gasteiger partial charge in [0.15, 0.2) is 0 Å². The number of nitrogens with one attached hydrogen (secondary N) is 2. The minimum absolute atomic E-state index is 0.184. The first-order chi connectivity index (χ1) is 7.77. The van der Waals surface area contributed by atoms with Gasteiger partial charge in [0.1, 0.15) is 11.5 Å². The van der Waals surface area contributed by atoms with E-state index in [2.05, 4.69) is 15.6 Å². The Balaban J connectivity index is 2.57. The number of pyridine rings is 1. The number of aromatic nitrogens is 1. The van der Waals surface area contributed by atoms with Crippen LogP contribution in [0.3, 0.4) is 0 Å². The van der Waals surface area contributed by atoms with Crippen LogP contribution in [0.1, 0.15) is 17.4 Å². The van der Waals surface area contributed by atoms with Crippen molar-refractivity contribution in [3.63, 3.8) is 0 Å². The predicted molar refractivity (Wildman–Crippen MR) is 62.6 cm³/mol. The zero-order valence-corrected chi connectivity index (χ0v) is 9.62. The number of methoxy groups -OCH3 is 1. The molecule has 1 rings (SSSR count). The molecule has 1 heterocycles. The Labute approximate surface area is 95.2 Å². The summed E-state index contributed by atoms with van der Waals surface area (Å²) >= 11 is 0. The highest BCUT2D eigenvalue weighted by molar-refractivity contribution is 5.92. The molecule has 1 aromatic heterocycles. The predicted octanol–water partition coefficient (Wildman–Crippen LogP) is 0.890. The second-order valence-corrected chi connectivity index (χ2v) is 3.19. The Morgan fingerprint density at radius 2 is 2.31 bits per heavy atom. The van der Waals surface area contributed by atoms with Crippen LogP contribution in [0.5, 0.6) is 0 Å². The number of anilines is 1. The smallest absolute Gasteiger partial charge is 0.270 e. The van der Waals surface area contributed by atoms with Crippen molar-refractivity contribution >= 4 is 11.7 Å². The van der Waals surface area contributed by atoms with Gasteiger partial charge in [-0.2, -0.15) is 0 Å². The molecule has 0 aliphatic carbocycles. The first-order valence-electron chi connectivity index (χ1n) is 5.26. The molecule has 16 heavy (non-hydrogen) atoms. The molecule has 5 heteroatoms. The van der Waals surface area contributed by atoms with Crippen LogP contribution in [0.25, 0.3) is 0 Å². The number of hydrogen-bond donors (Lipinski definition) is 2. The Morgan fingerprint density at radius 1 is 1.50 bits per heavy atom. The highest BCUT2D eigenvalue weighted by Gasteiger charge is 2.06. The fourth-order valence-corrected chi connectivity index (χ4v) is 1.20. The fourth-order valence-electron chi connectivity index (χ4n) is 1.20. The first-order valence-corrected chi connectivity index (χ1v) is 5.26. The van der Waals surface area contributed by atoms with E-state index in [1.54, 1.807) is 19.2 Å². The maximum absolute atomic E-state index is 11.6. The molecule has 0 bridgehead atoms. The summed E-state index contributed by atoms with van der Waals surface area (Å²) < 4.78 is 4.84. The maximum Gasteiger partial charge on any atom is 0.270 e. The van der Waals surface area contributed by atoms with Gasteiger partial charge in [-0.3, -0.25) is 4.79 Å². The maximum atomic E-state index is 11.6. The summed E-state index contributed by atoms with van der Waals surface area (Å²) in [6, 6.07) is 5.31. The summed E-state index contributed by atoms with van der Waals surface area (Å²) in [5, 5.41) is 5.77. The van der Waals surface area contributed by atoms with Crippen molar-refractivity contribution in [2.45, 2.75) is 6.92 Å². The van der Waals surface area contributed by atoms with Crippen LogP contribution in [0.2, 0.25) is 0 Å². The van der Waals surface area contributed by atoms with Crippen LogP contribution in [-0.2, 0) is 4.74 Å². The molecule has 0 aromatic carbocycles. The van der Waals surface area contributed by atoms with Crippen molar-refractivity contribution < 1.29 is 9.53 Å². The summed E-state index contributed by atoms with van der Waals surface area (Å²) in [4.78, 5) is 15.8. The molecule has 0 radical (unpaired) electrons. The van der Waals surface area contributed by atoms with Gasteiger partial charge in [0.2, 0.25) is 0 Å². The molecule has 2 N–H and O–H groups in total. The number of carbonyl (C=O) groups excluding carboxylic acids is 1. The monoisotopic (exact) mass is 223 g/mol. The van der Waals surface area contributed by atoms with Crippen LogP contribution >= 0.6 is 0 Å². The summed E-state index contributed by atoms with van der Waals surface area (Å²) in [7, 11) is 1.59. The molecule has 1 aromatic rings. The van der Waals surface area contributed by atoms with Gasteiger partial charge < -0.3 is 15.4 Å². The molecule has 0 fully saturated rings. The highest BCUT2D eigenvalue weighted by Crippen LogP contribution is 2.04. The van der Waals surface area contributed by atoms with Crippen LogP contribution in [0, 0.1) is 0 Å². The van der Waals surface area contributed by atoms with Crippen molar-refractivity contribution in [3.8, 4) is 0 Å². The van der Waals surface area contributed by atoms with Crippen LogP contribution in [0.15, 0.2) is 18.2 Å². The van der Waals surface area contributed by atoms with Crippen LogP contribution in [0.4, 0.5) is 5.82 Å². The largest absolute Gasteiger partial charge is 0.383 e. The third-order valence-electron chi connectivity index (χ3n) is 1.93.